The predicted molar refractivity (Wildman–Crippen MR) is 142 cm³/mol. The van der Waals surface area contributed by atoms with Crippen LogP contribution in [0.25, 0.3) is 21.9 Å². The van der Waals surface area contributed by atoms with Gasteiger partial charge in [-0.3, -0.25) is 0 Å². The van der Waals surface area contributed by atoms with Gasteiger partial charge in [-0.05, 0) is 57.1 Å². The van der Waals surface area contributed by atoms with Crippen LogP contribution in [0.15, 0.2) is 73.3 Å². The van der Waals surface area contributed by atoms with Gasteiger partial charge in [0, 0.05) is 23.4 Å². The molecule has 1 aliphatic carbocycles. The molecule has 34 heavy (non-hydrogen) atoms. The van der Waals surface area contributed by atoms with Crippen LogP contribution in [0.1, 0.15) is 78.9 Å². The lowest BCUT2D eigenvalue weighted by Gasteiger charge is -2.18. The lowest BCUT2D eigenvalue weighted by Crippen LogP contribution is -2.05. The van der Waals surface area contributed by atoms with Crippen LogP contribution >= 0.6 is 0 Å². The quantitative estimate of drug-likeness (QED) is 0.282. The van der Waals surface area contributed by atoms with Crippen molar-refractivity contribution < 1.29 is 13.6 Å². The fraction of sp³-hybridized carbons (Fsp3) is 0.433. The Morgan fingerprint density at radius 2 is 1.76 bits per heavy atom. The molecule has 0 atom stereocenters. The molecule has 0 spiro atoms. The van der Waals surface area contributed by atoms with E-state index in [1.807, 2.05) is 19.9 Å². The van der Waals surface area contributed by atoms with Gasteiger partial charge in [0.15, 0.2) is 5.75 Å². The van der Waals surface area contributed by atoms with E-state index in [9.17, 15) is 4.79 Å². The number of fused-ring (bicyclic) bond motifs is 2. The summed E-state index contributed by atoms with van der Waals surface area (Å²) in [6.45, 7) is 13.2. The third-order valence-corrected chi connectivity index (χ3v) is 6.16. The molecule has 2 heterocycles. The summed E-state index contributed by atoms with van der Waals surface area (Å²) >= 11 is 0. The van der Waals surface area contributed by atoms with Gasteiger partial charge in [0.2, 0.25) is 0 Å². The van der Waals surface area contributed by atoms with Gasteiger partial charge in [-0.15, -0.1) is 0 Å². The van der Waals surface area contributed by atoms with E-state index in [2.05, 4.69) is 52.0 Å². The lowest BCUT2D eigenvalue weighted by atomic mass is 9.87. The van der Waals surface area contributed by atoms with E-state index in [4.69, 9.17) is 13.6 Å². The highest BCUT2D eigenvalue weighted by atomic mass is 16.5. The van der Waals surface area contributed by atoms with Crippen LogP contribution in [-0.4, -0.2) is 7.11 Å². The Morgan fingerprint density at radius 3 is 2.47 bits per heavy atom. The Balaban J connectivity index is 0.000000197. The molecule has 0 unspecified atom stereocenters. The van der Waals surface area contributed by atoms with Gasteiger partial charge in [0.1, 0.15) is 16.9 Å². The van der Waals surface area contributed by atoms with Gasteiger partial charge in [-0.2, -0.15) is 0 Å². The maximum atomic E-state index is 11.2. The van der Waals surface area contributed by atoms with Crippen molar-refractivity contribution in [1.29, 1.82) is 0 Å². The number of rotatable bonds is 2. The molecular weight excluding hydrogens is 424 g/mol. The van der Waals surface area contributed by atoms with Crippen molar-refractivity contribution in [2.24, 2.45) is 5.41 Å². The van der Waals surface area contributed by atoms with Gasteiger partial charge >= 0.3 is 5.63 Å². The Hall–Kier alpha value is -3.01. The molecule has 3 aromatic rings. The molecule has 0 N–H and O–H groups in total. The van der Waals surface area contributed by atoms with Crippen molar-refractivity contribution in [2.45, 2.75) is 73.1 Å². The minimum atomic E-state index is -0.366. The average molecular weight is 463 g/mol. The zero-order valence-electron chi connectivity index (χ0n) is 21.7. The van der Waals surface area contributed by atoms with Crippen molar-refractivity contribution in [3.8, 4) is 5.75 Å². The van der Waals surface area contributed by atoms with Crippen LogP contribution in [-0.2, 0) is 0 Å². The minimum absolute atomic E-state index is 0.220. The molecule has 1 aliphatic rings. The van der Waals surface area contributed by atoms with Crippen molar-refractivity contribution in [3.05, 3.63) is 75.9 Å². The predicted octanol–water partition coefficient (Wildman–Crippen LogP) is 8.71. The van der Waals surface area contributed by atoms with Gasteiger partial charge in [-0.25, -0.2) is 4.79 Å². The monoisotopic (exact) mass is 462 g/mol. The Kier molecular flexibility index (Phi) is 8.24. The minimum Gasteiger partial charge on any atom is -0.492 e. The summed E-state index contributed by atoms with van der Waals surface area (Å²) in [4.78, 5) is 11.2. The molecule has 4 rings (SSSR count). The van der Waals surface area contributed by atoms with E-state index in [-0.39, 0.29) is 11.5 Å². The summed E-state index contributed by atoms with van der Waals surface area (Å²) in [6.07, 6.45) is 14.1. The molecule has 4 nitrogen and oxygen atoms in total. The van der Waals surface area contributed by atoms with Crippen LogP contribution in [0.5, 0.6) is 5.75 Å². The van der Waals surface area contributed by atoms with E-state index in [1.54, 1.807) is 19.2 Å². The van der Waals surface area contributed by atoms with E-state index >= 15 is 0 Å². The maximum Gasteiger partial charge on any atom is 0.336 e. The summed E-state index contributed by atoms with van der Waals surface area (Å²) in [5.41, 5.74) is 4.16. The zero-order chi connectivity index (χ0) is 24.9. The van der Waals surface area contributed by atoms with Crippen LogP contribution in [0.3, 0.4) is 0 Å². The molecule has 0 bridgehead atoms. The SMILES string of the molecule is CC1=CCCC(C)=CCC(C)(C)C=CC1.COc1c(C(C)C)oc2cc3oc(=O)ccc3cc12. The number of furan rings is 1. The summed E-state index contributed by atoms with van der Waals surface area (Å²) in [6, 6.07) is 6.80. The molecule has 0 fully saturated rings. The summed E-state index contributed by atoms with van der Waals surface area (Å²) in [5, 5.41) is 1.74. The van der Waals surface area contributed by atoms with Gasteiger partial charge in [0.05, 0.1) is 12.5 Å². The van der Waals surface area contributed by atoms with E-state index in [1.165, 1.54) is 30.1 Å². The fourth-order valence-electron chi connectivity index (χ4n) is 4.05. The number of ether oxygens (including phenoxy) is 1. The van der Waals surface area contributed by atoms with Gasteiger partial charge < -0.3 is 13.6 Å². The molecule has 0 amide bonds. The Labute approximate surface area is 203 Å². The molecule has 182 valence electrons. The third kappa shape index (κ3) is 6.53. The topological polar surface area (TPSA) is 52.6 Å². The normalized spacial score (nSPS) is 16.5. The first-order valence-corrected chi connectivity index (χ1v) is 12.1. The summed E-state index contributed by atoms with van der Waals surface area (Å²) in [5.74, 6) is 1.77. The number of benzene rings is 1. The summed E-state index contributed by atoms with van der Waals surface area (Å²) in [7, 11) is 1.63. The third-order valence-electron chi connectivity index (χ3n) is 6.16. The lowest BCUT2D eigenvalue weighted by molar-refractivity contribution is 0.390. The second-order valence-electron chi connectivity index (χ2n) is 10.2. The standard InChI is InChI=1S/C15H14O4.C15H24/c1-8(2)14-15(17-3)10-6-9-4-5-13(16)18-11(9)7-12(10)19-14;1-13-7-5-8-14(2)10-12-15(3,4)11-6-9-13/h4-8H,1-3H3;6-7,10-11H,5,8-9,12H2,1-4H3. The molecule has 0 saturated heterocycles. The van der Waals surface area contributed by atoms with Crippen LogP contribution in [0.2, 0.25) is 0 Å². The highest BCUT2D eigenvalue weighted by molar-refractivity contribution is 5.97. The van der Waals surface area contributed by atoms with Crippen molar-refractivity contribution >= 4 is 21.9 Å². The highest BCUT2D eigenvalue weighted by Gasteiger charge is 2.18. The Bertz CT molecular complexity index is 1280. The highest BCUT2D eigenvalue weighted by Crippen LogP contribution is 2.38. The largest absolute Gasteiger partial charge is 0.492 e. The molecule has 4 heteroatoms. The van der Waals surface area contributed by atoms with Crippen molar-refractivity contribution in [1.82, 2.24) is 0 Å². The second kappa shape index (κ2) is 10.9. The van der Waals surface area contributed by atoms with Gasteiger partial charge in [0.25, 0.3) is 0 Å². The Morgan fingerprint density at radius 1 is 1.00 bits per heavy atom. The second-order valence-corrected chi connectivity index (χ2v) is 10.2. The van der Waals surface area contributed by atoms with Crippen LogP contribution in [0, 0.1) is 5.41 Å². The molecule has 1 aromatic carbocycles. The van der Waals surface area contributed by atoms with E-state index < -0.39 is 0 Å². The van der Waals surface area contributed by atoms with Crippen molar-refractivity contribution in [3.63, 3.8) is 0 Å². The molecule has 0 saturated carbocycles. The average Bonchev–Trinajstić information content (AvgIpc) is 3.13. The number of hydrogen-bond acceptors (Lipinski definition) is 4. The molecule has 2 aromatic heterocycles. The molecule has 0 radical (unpaired) electrons. The maximum absolute atomic E-state index is 11.2. The number of methoxy groups -OCH3 is 1. The van der Waals surface area contributed by atoms with E-state index in [0.717, 1.165) is 35.1 Å². The zero-order valence-corrected chi connectivity index (χ0v) is 21.7. The number of allylic oxidation sites excluding steroid dienone is 6. The smallest absolute Gasteiger partial charge is 0.336 e. The first-order valence-electron chi connectivity index (χ1n) is 12.1. The number of hydrogen-bond donors (Lipinski definition) is 0. The van der Waals surface area contributed by atoms with Crippen LogP contribution in [0.4, 0.5) is 0 Å². The van der Waals surface area contributed by atoms with Crippen molar-refractivity contribution in [2.75, 3.05) is 7.11 Å². The first kappa shape index (κ1) is 25.6. The first-order chi connectivity index (χ1) is 16.1. The molecular formula is C30H38O4. The van der Waals surface area contributed by atoms with E-state index in [0.29, 0.717) is 16.6 Å². The molecule has 0 aliphatic heterocycles. The van der Waals surface area contributed by atoms with Crippen LogP contribution < -0.4 is 10.4 Å². The fourth-order valence-corrected chi connectivity index (χ4v) is 4.05. The van der Waals surface area contributed by atoms with Gasteiger partial charge in [-0.1, -0.05) is 63.1 Å². The summed E-state index contributed by atoms with van der Waals surface area (Å²) < 4.78 is 16.4.